The van der Waals surface area contributed by atoms with Gasteiger partial charge in [0.05, 0.1) is 5.25 Å². The Balaban J connectivity index is 2.50. The predicted octanol–water partition coefficient (Wildman–Crippen LogP) is 1.58. The molecule has 0 aliphatic heterocycles. The maximum atomic E-state index is 4.33. The van der Waals surface area contributed by atoms with Gasteiger partial charge in [0.2, 0.25) is 0 Å². The summed E-state index contributed by atoms with van der Waals surface area (Å²) in [5, 5.41) is 6.74. The van der Waals surface area contributed by atoms with Crippen LogP contribution >= 0.6 is 12.6 Å². The fourth-order valence-corrected chi connectivity index (χ4v) is 1.17. The van der Waals surface area contributed by atoms with Gasteiger partial charge in [0.25, 0.3) is 0 Å². The molecule has 3 nitrogen and oxygen atoms in total. The molecule has 1 rings (SSSR count). The third kappa shape index (κ3) is 1.73. The van der Waals surface area contributed by atoms with Crippen LogP contribution in [0.1, 0.15) is 30.8 Å². The second kappa shape index (κ2) is 3.61. The van der Waals surface area contributed by atoms with E-state index in [0.29, 0.717) is 0 Å². The lowest BCUT2D eigenvalue weighted by Gasteiger charge is -2.02. The van der Waals surface area contributed by atoms with Gasteiger partial charge in [-0.15, -0.1) is 0 Å². The van der Waals surface area contributed by atoms with Crippen LogP contribution < -0.4 is 0 Å². The molecule has 0 aliphatic carbocycles. The molecule has 0 radical (unpaired) electrons. The van der Waals surface area contributed by atoms with Crippen molar-refractivity contribution in [2.75, 3.05) is 0 Å². The van der Waals surface area contributed by atoms with Gasteiger partial charge in [0.1, 0.15) is 12.2 Å². The molecule has 0 saturated heterocycles. The average molecular weight is 157 g/mol. The van der Waals surface area contributed by atoms with Crippen molar-refractivity contribution in [3.8, 4) is 0 Å². The lowest BCUT2D eigenvalue weighted by atomic mass is 10.2. The molecule has 0 saturated carbocycles. The highest BCUT2D eigenvalue weighted by Gasteiger charge is 2.06. The van der Waals surface area contributed by atoms with Crippen molar-refractivity contribution in [1.82, 2.24) is 15.2 Å². The summed E-state index contributed by atoms with van der Waals surface area (Å²) in [5.41, 5.74) is 0. The summed E-state index contributed by atoms with van der Waals surface area (Å²) < 4.78 is 0. The number of thiol groups is 1. The van der Waals surface area contributed by atoms with E-state index in [0.717, 1.165) is 18.7 Å². The summed E-state index contributed by atoms with van der Waals surface area (Å²) in [5.74, 6) is 0.866. The van der Waals surface area contributed by atoms with Crippen molar-refractivity contribution in [1.29, 1.82) is 0 Å². The van der Waals surface area contributed by atoms with Crippen molar-refractivity contribution in [3.63, 3.8) is 0 Å². The monoisotopic (exact) mass is 157 g/mol. The summed E-state index contributed by atoms with van der Waals surface area (Å²) in [6.07, 6.45) is 3.67. The molecule has 10 heavy (non-hydrogen) atoms. The van der Waals surface area contributed by atoms with E-state index in [1.807, 2.05) is 0 Å². The molecule has 56 valence electrons. The first-order valence-electron chi connectivity index (χ1n) is 3.38. The summed E-state index contributed by atoms with van der Waals surface area (Å²) in [7, 11) is 0. The standard InChI is InChI=1S/C6H11N3S/c1-2-3-5(10)6-7-4-8-9-6/h4-5,10H,2-3H2,1H3,(H,7,8,9). The van der Waals surface area contributed by atoms with E-state index in [1.165, 1.54) is 6.33 Å². The Morgan fingerprint density at radius 2 is 2.60 bits per heavy atom. The fourth-order valence-electron chi connectivity index (χ4n) is 0.786. The van der Waals surface area contributed by atoms with Gasteiger partial charge in [-0.05, 0) is 6.42 Å². The van der Waals surface area contributed by atoms with Crippen LogP contribution in [0, 0.1) is 0 Å². The number of nitrogens with one attached hydrogen (secondary N) is 1. The van der Waals surface area contributed by atoms with Gasteiger partial charge in [-0.25, -0.2) is 4.98 Å². The Morgan fingerprint density at radius 3 is 3.10 bits per heavy atom. The highest BCUT2D eigenvalue weighted by atomic mass is 32.1. The smallest absolute Gasteiger partial charge is 0.137 e. The number of hydrogen-bond acceptors (Lipinski definition) is 3. The Hall–Kier alpha value is -0.510. The molecule has 4 heteroatoms. The molecular weight excluding hydrogens is 146 g/mol. The van der Waals surface area contributed by atoms with Crippen molar-refractivity contribution in [2.45, 2.75) is 25.0 Å². The maximum Gasteiger partial charge on any atom is 0.137 e. The maximum absolute atomic E-state index is 4.33. The van der Waals surface area contributed by atoms with Crippen LogP contribution in [-0.4, -0.2) is 15.2 Å². The molecule has 0 bridgehead atoms. The largest absolute Gasteiger partial charge is 0.262 e. The van der Waals surface area contributed by atoms with Crippen LogP contribution in [-0.2, 0) is 0 Å². The Bertz CT molecular complexity index is 173. The molecule has 1 atom stereocenters. The Morgan fingerprint density at radius 1 is 1.80 bits per heavy atom. The number of hydrogen-bond donors (Lipinski definition) is 2. The second-order valence-corrected chi connectivity index (χ2v) is 2.80. The predicted molar refractivity (Wildman–Crippen MR) is 43.0 cm³/mol. The molecule has 1 unspecified atom stereocenters. The van der Waals surface area contributed by atoms with Crippen molar-refractivity contribution in [2.24, 2.45) is 0 Å². The molecule has 0 amide bonds. The van der Waals surface area contributed by atoms with Crippen LogP contribution in [0.25, 0.3) is 0 Å². The quantitative estimate of drug-likeness (QED) is 0.654. The lowest BCUT2D eigenvalue weighted by molar-refractivity contribution is 0.743. The first-order chi connectivity index (χ1) is 4.84. The minimum absolute atomic E-state index is 0.215. The van der Waals surface area contributed by atoms with E-state index < -0.39 is 0 Å². The number of nitrogens with zero attached hydrogens (tertiary/aromatic N) is 2. The van der Waals surface area contributed by atoms with Crippen molar-refractivity contribution < 1.29 is 0 Å². The van der Waals surface area contributed by atoms with Crippen LogP contribution in [0.4, 0.5) is 0 Å². The molecule has 1 aromatic rings. The molecule has 0 spiro atoms. The summed E-state index contributed by atoms with van der Waals surface area (Å²) in [6.45, 7) is 2.12. The zero-order valence-electron chi connectivity index (χ0n) is 5.91. The average Bonchev–Trinajstić information content (AvgIpc) is 2.38. The molecular formula is C6H11N3S. The van der Waals surface area contributed by atoms with Gasteiger partial charge in [-0.1, -0.05) is 13.3 Å². The van der Waals surface area contributed by atoms with Gasteiger partial charge in [-0.2, -0.15) is 17.7 Å². The van der Waals surface area contributed by atoms with E-state index in [2.05, 4.69) is 34.7 Å². The van der Waals surface area contributed by atoms with Gasteiger partial charge in [-0.3, -0.25) is 5.10 Å². The summed E-state index contributed by atoms with van der Waals surface area (Å²) in [6, 6.07) is 0. The summed E-state index contributed by atoms with van der Waals surface area (Å²) in [4.78, 5) is 3.99. The number of rotatable bonds is 3. The van der Waals surface area contributed by atoms with E-state index in [4.69, 9.17) is 0 Å². The van der Waals surface area contributed by atoms with Crippen LogP contribution in [0.5, 0.6) is 0 Å². The fraction of sp³-hybridized carbons (Fsp3) is 0.667. The highest BCUT2D eigenvalue weighted by molar-refractivity contribution is 7.80. The van der Waals surface area contributed by atoms with Crippen LogP contribution in [0.15, 0.2) is 6.33 Å². The van der Waals surface area contributed by atoms with Crippen LogP contribution in [0.3, 0.4) is 0 Å². The van der Waals surface area contributed by atoms with E-state index in [-0.39, 0.29) is 5.25 Å². The van der Waals surface area contributed by atoms with Gasteiger partial charge in [0, 0.05) is 0 Å². The van der Waals surface area contributed by atoms with E-state index in [1.54, 1.807) is 0 Å². The SMILES string of the molecule is CCCC(S)c1ncn[nH]1. The van der Waals surface area contributed by atoms with Gasteiger partial charge in [0.15, 0.2) is 0 Å². The van der Waals surface area contributed by atoms with Crippen LogP contribution in [0.2, 0.25) is 0 Å². The van der Waals surface area contributed by atoms with Crippen molar-refractivity contribution in [3.05, 3.63) is 12.2 Å². The Kier molecular flexibility index (Phi) is 2.74. The minimum atomic E-state index is 0.215. The molecule has 1 aromatic heterocycles. The van der Waals surface area contributed by atoms with Crippen molar-refractivity contribution >= 4 is 12.6 Å². The second-order valence-electron chi connectivity index (χ2n) is 2.18. The molecule has 1 N–H and O–H groups in total. The molecule has 1 heterocycles. The third-order valence-electron chi connectivity index (χ3n) is 1.31. The minimum Gasteiger partial charge on any atom is -0.262 e. The number of aromatic nitrogens is 3. The number of aromatic amines is 1. The Labute approximate surface area is 65.7 Å². The first-order valence-corrected chi connectivity index (χ1v) is 3.89. The number of H-pyrrole nitrogens is 1. The normalized spacial score (nSPS) is 13.4. The zero-order chi connectivity index (χ0) is 7.40. The first kappa shape index (κ1) is 7.60. The lowest BCUT2D eigenvalue weighted by Crippen LogP contribution is -1.92. The third-order valence-corrected chi connectivity index (χ3v) is 1.81. The van der Waals surface area contributed by atoms with Gasteiger partial charge < -0.3 is 0 Å². The van der Waals surface area contributed by atoms with Gasteiger partial charge >= 0.3 is 0 Å². The summed E-state index contributed by atoms with van der Waals surface area (Å²) >= 11 is 4.33. The highest BCUT2D eigenvalue weighted by Crippen LogP contribution is 2.20. The van der Waals surface area contributed by atoms with E-state index in [9.17, 15) is 0 Å². The molecule has 0 aliphatic rings. The molecule has 0 fully saturated rings. The zero-order valence-corrected chi connectivity index (χ0v) is 6.80. The van der Waals surface area contributed by atoms with E-state index >= 15 is 0 Å². The molecule has 0 aromatic carbocycles. The topological polar surface area (TPSA) is 41.6 Å².